The molecule has 0 aliphatic rings. The van der Waals surface area contributed by atoms with E-state index in [-0.39, 0.29) is 0 Å². The smallest absolute Gasteiger partial charge is 0.258 e. The fraction of sp³-hybridized carbons (Fsp3) is 0.500. The van der Waals surface area contributed by atoms with Gasteiger partial charge >= 0.3 is 0 Å². The largest absolute Gasteiger partial charge is 0.480 e. The highest BCUT2D eigenvalue weighted by atomic mass is 16.5. The molecule has 0 fully saturated rings. The van der Waals surface area contributed by atoms with Gasteiger partial charge in [0.2, 0.25) is 0 Å². The van der Waals surface area contributed by atoms with Gasteiger partial charge in [0.05, 0.1) is 0 Å². The van der Waals surface area contributed by atoms with Crippen LogP contribution >= 0.6 is 0 Å². The van der Waals surface area contributed by atoms with E-state index in [1.54, 1.807) is 0 Å². The maximum atomic E-state index is 11.2. The van der Waals surface area contributed by atoms with Gasteiger partial charge in [-0.3, -0.25) is 4.79 Å². The van der Waals surface area contributed by atoms with Gasteiger partial charge in [-0.05, 0) is 36.5 Å². The van der Waals surface area contributed by atoms with Crippen molar-refractivity contribution >= 4 is 5.91 Å². The van der Waals surface area contributed by atoms with Crippen LogP contribution in [0.4, 0.5) is 0 Å². The molecule has 1 amide bonds. The Morgan fingerprint density at radius 3 is 2.53 bits per heavy atom. The second-order valence-electron chi connectivity index (χ2n) is 4.60. The summed E-state index contributed by atoms with van der Waals surface area (Å²) in [5.74, 6) is 0.773. The SMILES string of the molecule is CCC(Oc1cc(C(C)C)ccc1C)C(N)=O. The van der Waals surface area contributed by atoms with E-state index in [1.807, 2.05) is 26.0 Å². The van der Waals surface area contributed by atoms with Crippen LogP contribution < -0.4 is 10.5 Å². The number of aryl methyl sites for hydroxylation is 1. The molecule has 0 heterocycles. The Balaban J connectivity index is 2.96. The van der Waals surface area contributed by atoms with Gasteiger partial charge in [-0.1, -0.05) is 32.9 Å². The van der Waals surface area contributed by atoms with Crippen molar-refractivity contribution in [2.24, 2.45) is 5.73 Å². The number of carbonyl (C=O) groups excluding carboxylic acids is 1. The molecule has 0 saturated heterocycles. The van der Waals surface area contributed by atoms with Crippen LogP contribution in [0.15, 0.2) is 18.2 Å². The Kier molecular flexibility index (Phi) is 4.55. The number of primary amides is 1. The lowest BCUT2D eigenvalue weighted by atomic mass is 10.0. The molecule has 1 aromatic rings. The number of nitrogens with two attached hydrogens (primary N) is 1. The van der Waals surface area contributed by atoms with Gasteiger partial charge in [-0.25, -0.2) is 0 Å². The number of rotatable bonds is 5. The van der Waals surface area contributed by atoms with Crippen molar-refractivity contribution in [1.29, 1.82) is 0 Å². The minimum absolute atomic E-state index is 0.415. The second kappa shape index (κ2) is 5.71. The van der Waals surface area contributed by atoms with Crippen LogP contribution in [0.2, 0.25) is 0 Å². The first kappa shape index (κ1) is 13.6. The third-order valence-electron chi connectivity index (χ3n) is 2.84. The van der Waals surface area contributed by atoms with Crippen LogP contribution in [-0.2, 0) is 4.79 Å². The topological polar surface area (TPSA) is 52.3 Å². The summed E-state index contributed by atoms with van der Waals surface area (Å²) in [5.41, 5.74) is 7.50. The number of benzene rings is 1. The van der Waals surface area contributed by atoms with Crippen LogP contribution in [0.5, 0.6) is 5.75 Å². The molecule has 2 N–H and O–H groups in total. The van der Waals surface area contributed by atoms with E-state index in [1.165, 1.54) is 5.56 Å². The molecule has 1 atom stereocenters. The molecular formula is C14H21NO2. The monoisotopic (exact) mass is 235 g/mol. The number of ether oxygens (including phenoxy) is 1. The fourth-order valence-electron chi connectivity index (χ4n) is 1.60. The van der Waals surface area contributed by atoms with Gasteiger partial charge in [-0.15, -0.1) is 0 Å². The highest BCUT2D eigenvalue weighted by molar-refractivity contribution is 5.79. The predicted octanol–water partition coefficient (Wildman–Crippen LogP) is 2.76. The third-order valence-corrected chi connectivity index (χ3v) is 2.84. The number of carbonyl (C=O) groups is 1. The Morgan fingerprint density at radius 2 is 2.06 bits per heavy atom. The second-order valence-corrected chi connectivity index (χ2v) is 4.60. The van der Waals surface area contributed by atoms with Crippen LogP contribution in [0.25, 0.3) is 0 Å². The fourth-order valence-corrected chi connectivity index (χ4v) is 1.60. The summed E-state index contributed by atoms with van der Waals surface area (Å²) in [7, 11) is 0. The zero-order valence-electron chi connectivity index (χ0n) is 11.0. The summed E-state index contributed by atoms with van der Waals surface area (Å²) in [6.45, 7) is 8.10. The van der Waals surface area contributed by atoms with Crippen molar-refractivity contribution in [2.45, 2.75) is 46.1 Å². The molecular weight excluding hydrogens is 214 g/mol. The molecule has 1 aromatic carbocycles. The molecule has 0 aromatic heterocycles. The summed E-state index contributed by atoms with van der Waals surface area (Å²) in [4.78, 5) is 11.2. The third kappa shape index (κ3) is 3.48. The molecule has 94 valence electrons. The van der Waals surface area contributed by atoms with Crippen LogP contribution in [0.1, 0.15) is 44.2 Å². The van der Waals surface area contributed by atoms with E-state index in [0.29, 0.717) is 12.3 Å². The molecule has 1 unspecified atom stereocenters. The molecule has 0 saturated carbocycles. The summed E-state index contributed by atoms with van der Waals surface area (Å²) in [6.07, 6.45) is 0.0387. The van der Waals surface area contributed by atoms with E-state index < -0.39 is 12.0 Å². The first-order chi connectivity index (χ1) is 7.95. The average molecular weight is 235 g/mol. The standard InChI is InChI=1S/C14H21NO2/c1-5-12(14(15)16)17-13-8-11(9(2)3)7-6-10(13)4/h6-9,12H,5H2,1-4H3,(H2,15,16). The quantitative estimate of drug-likeness (QED) is 0.853. The van der Waals surface area contributed by atoms with E-state index in [4.69, 9.17) is 10.5 Å². The summed E-state index contributed by atoms with van der Waals surface area (Å²) >= 11 is 0. The molecule has 0 radical (unpaired) electrons. The Hall–Kier alpha value is -1.51. The van der Waals surface area contributed by atoms with E-state index >= 15 is 0 Å². The molecule has 0 spiro atoms. The van der Waals surface area contributed by atoms with Gasteiger partial charge in [0.15, 0.2) is 6.10 Å². The summed E-state index contributed by atoms with van der Waals surface area (Å²) < 4.78 is 5.67. The molecule has 0 aliphatic carbocycles. The molecule has 0 bridgehead atoms. The predicted molar refractivity (Wildman–Crippen MR) is 69.2 cm³/mol. The Morgan fingerprint density at radius 1 is 1.41 bits per heavy atom. The maximum absolute atomic E-state index is 11.2. The van der Waals surface area contributed by atoms with Crippen molar-refractivity contribution in [3.63, 3.8) is 0 Å². The van der Waals surface area contributed by atoms with Gasteiger partial charge in [0.25, 0.3) is 5.91 Å². The van der Waals surface area contributed by atoms with Crippen LogP contribution in [0.3, 0.4) is 0 Å². The summed E-state index contributed by atoms with van der Waals surface area (Å²) in [5, 5.41) is 0. The molecule has 3 heteroatoms. The van der Waals surface area contributed by atoms with Crippen molar-refractivity contribution in [3.05, 3.63) is 29.3 Å². The van der Waals surface area contributed by atoms with Crippen molar-refractivity contribution in [1.82, 2.24) is 0 Å². The first-order valence-corrected chi connectivity index (χ1v) is 6.02. The zero-order valence-corrected chi connectivity index (χ0v) is 11.0. The lowest BCUT2D eigenvalue weighted by Gasteiger charge is -2.17. The number of amides is 1. The lowest BCUT2D eigenvalue weighted by Crippen LogP contribution is -2.33. The number of hydrogen-bond acceptors (Lipinski definition) is 2. The van der Waals surface area contributed by atoms with Crippen molar-refractivity contribution in [2.75, 3.05) is 0 Å². The molecule has 17 heavy (non-hydrogen) atoms. The molecule has 3 nitrogen and oxygen atoms in total. The Labute approximate surface area is 103 Å². The van der Waals surface area contributed by atoms with Crippen molar-refractivity contribution < 1.29 is 9.53 Å². The van der Waals surface area contributed by atoms with Crippen LogP contribution in [-0.4, -0.2) is 12.0 Å². The average Bonchev–Trinajstić information content (AvgIpc) is 2.27. The minimum atomic E-state index is -0.545. The Bertz CT molecular complexity index is 399. The maximum Gasteiger partial charge on any atom is 0.258 e. The van der Waals surface area contributed by atoms with Gasteiger partial charge in [0.1, 0.15) is 5.75 Å². The highest BCUT2D eigenvalue weighted by Crippen LogP contribution is 2.25. The normalized spacial score (nSPS) is 12.5. The van der Waals surface area contributed by atoms with Gasteiger partial charge < -0.3 is 10.5 Å². The van der Waals surface area contributed by atoms with Crippen LogP contribution in [0, 0.1) is 6.92 Å². The van der Waals surface area contributed by atoms with Gasteiger partial charge in [-0.2, -0.15) is 0 Å². The lowest BCUT2D eigenvalue weighted by molar-refractivity contribution is -0.124. The summed E-state index contributed by atoms with van der Waals surface area (Å²) in [6, 6.07) is 6.09. The minimum Gasteiger partial charge on any atom is -0.480 e. The molecule has 0 aliphatic heterocycles. The van der Waals surface area contributed by atoms with Gasteiger partial charge in [0, 0.05) is 0 Å². The van der Waals surface area contributed by atoms with Crippen molar-refractivity contribution in [3.8, 4) is 5.75 Å². The van der Waals surface area contributed by atoms with E-state index in [0.717, 1.165) is 11.3 Å². The zero-order chi connectivity index (χ0) is 13.0. The number of hydrogen-bond donors (Lipinski definition) is 1. The van der Waals surface area contributed by atoms with E-state index in [9.17, 15) is 4.79 Å². The van der Waals surface area contributed by atoms with E-state index in [2.05, 4.69) is 19.9 Å². The molecule has 1 rings (SSSR count). The highest BCUT2D eigenvalue weighted by Gasteiger charge is 2.16. The first-order valence-electron chi connectivity index (χ1n) is 6.02.